The number of carbonyl (C=O) groups excluding carboxylic acids is 1. The first-order chi connectivity index (χ1) is 16.4. The number of amides is 1. The summed E-state index contributed by atoms with van der Waals surface area (Å²) in [6, 6.07) is 12.8. The van der Waals surface area contributed by atoms with Crippen molar-refractivity contribution in [2.45, 2.75) is 23.8 Å². The maximum Gasteiger partial charge on any atom is 0.243 e. The number of rotatable bonds is 8. The molecule has 0 bridgehead atoms. The molecule has 11 heteroatoms. The molecule has 4 rings (SSSR count). The SMILES string of the molecule is N#Cc1ccc(S(=O)(=O)N2CCC(C(=O)NCC(O)COc3ccc4c(c3)OCO4)CC2)cc1. The largest absolute Gasteiger partial charge is 0.491 e. The van der Waals surface area contributed by atoms with E-state index in [-0.39, 0.29) is 49.8 Å². The first-order valence-electron chi connectivity index (χ1n) is 10.9. The summed E-state index contributed by atoms with van der Waals surface area (Å²) in [6.07, 6.45) is -0.151. The Morgan fingerprint density at radius 2 is 1.88 bits per heavy atom. The van der Waals surface area contributed by atoms with Gasteiger partial charge in [-0.2, -0.15) is 9.57 Å². The summed E-state index contributed by atoms with van der Waals surface area (Å²) < 4.78 is 43.0. The molecule has 2 heterocycles. The number of carbonyl (C=O) groups is 1. The number of piperidine rings is 1. The van der Waals surface area contributed by atoms with Gasteiger partial charge in [0, 0.05) is 31.6 Å². The summed E-state index contributed by atoms with van der Waals surface area (Å²) in [5, 5.41) is 21.7. The van der Waals surface area contributed by atoms with E-state index in [1.807, 2.05) is 6.07 Å². The molecule has 1 fully saturated rings. The van der Waals surface area contributed by atoms with Gasteiger partial charge in [-0.15, -0.1) is 0 Å². The fourth-order valence-electron chi connectivity index (χ4n) is 3.79. The normalized spacial score (nSPS) is 17.1. The van der Waals surface area contributed by atoms with Crippen LogP contribution in [0.3, 0.4) is 0 Å². The number of nitrogens with zero attached hydrogens (tertiary/aromatic N) is 2. The van der Waals surface area contributed by atoms with E-state index in [9.17, 15) is 18.3 Å². The van der Waals surface area contributed by atoms with Crippen LogP contribution in [-0.2, 0) is 14.8 Å². The Balaban J connectivity index is 1.20. The average molecular weight is 488 g/mol. The van der Waals surface area contributed by atoms with E-state index >= 15 is 0 Å². The van der Waals surface area contributed by atoms with Gasteiger partial charge in [0.25, 0.3) is 0 Å². The van der Waals surface area contributed by atoms with Gasteiger partial charge in [-0.25, -0.2) is 8.42 Å². The van der Waals surface area contributed by atoms with Crippen molar-refractivity contribution in [1.29, 1.82) is 5.26 Å². The van der Waals surface area contributed by atoms with Gasteiger partial charge in [0.2, 0.25) is 22.7 Å². The smallest absolute Gasteiger partial charge is 0.243 e. The van der Waals surface area contributed by atoms with Gasteiger partial charge in [-0.05, 0) is 49.2 Å². The lowest BCUT2D eigenvalue weighted by Gasteiger charge is -2.30. The maximum absolute atomic E-state index is 12.8. The van der Waals surface area contributed by atoms with Crippen LogP contribution in [0.4, 0.5) is 0 Å². The highest BCUT2D eigenvalue weighted by atomic mass is 32.2. The second-order valence-corrected chi connectivity index (χ2v) is 9.98. The molecule has 10 nitrogen and oxygen atoms in total. The number of aliphatic hydroxyl groups is 1. The van der Waals surface area contributed by atoms with E-state index in [0.717, 1.165) is 0 Å². The molecule has 0 spiro atoms. The number of ether oxygens (including phenoxy) is 3. The summed E-state index contributed by atoms with van der Waals surface area (Å²) in [6.45, 7) is 0.606. The summed E-state index contributed by atoms with van der Waals surface area (Å²) >= 11 is 0. The van der Waals surface area contributed by atoms with Crippen LogP contribution in [0.5, 0.6) is 17.2 Å². The Labute approximate surface area is 197 Å². The predicted molar refractivity (Wildman–Crippen MR) is 120 cm³/mol. The second kappa shape index (κ2) is 10.3. The molecular weight excluding hydrogens is 462 g/mol. The highest BCUT2D eigenvalue weighted by Crippen LogP contribution is 2.35. The topological polar surface area (TPSA) is 138 Å². The van der Waals surface area contributed by atoms with Gasteiger partial charge in [0.15, 0.2) is 11.5 Å². The third-order valence-corrected chi connectivity index (χ3v) is 7.66. The Hall–Kier alpha value is -3.33. The number of nitriles is 1. The van der Waals surface area contributed by atoms with Crippen LogP contribution >= 0.6 is 0 Å². The number of hydrogen-bond donors (Lipinski definition) is 2. The molecule has 1 amide bonds. The zero-order valence-corrected chi connectivity index (χ0v) is 19.2. The monoisotopic (exact) mass is 487 g/mol. The van der Waals surface area contributed by atoms with Crippen molar-refractivity contribution in [3.8, 4) is 23.3 Å². The van der Waals surface area contributed by atoms with Gasteiger partial charge >= 0.3 is 0 Å². The molecule has 0 aliphatic carbocycles. The fourth-order valence-corrected chi connectivity index (χ4v) is 5.26. The van der Waals surface area contributed by atoms with Crippen LogP contribution in [0.15, 0.2) is 47.4 Å². The fraction of sp³-hybridized carbons (Fsp3) is 0.391. The lowest BCUT2D eigenvalue weighted by atomic mass is 9.97. The minimum absolute atomic E-state index is 0.0127. The zero-order chi connectivity index (χ0) is 24.1. The van der Waals surface area contributed by atoms with Gasteiger partial charge in [-0.1, -0.05) is 0 Å². The molecular formula is C23H25N3O7S. The van der Waals surface area contributed by atoms with Crippen molar-refractivity contribution in [3.05, 3.63) is 48.0 Å². The molecule has 34 heavy (non-hydrogen) atoms. The van der Waals surface area contributed by atoms with E-state index < -0.39 is 16.1 Å². The number of fused-ring (bicyclic) bond motifs is 1. The summed E-state index contributed by atoms with van der Waals surface area (Å²) in [5.74, 6) is 1.17. The molecule has 1 unspecified atom stereocenters. The van der Waals surface area contributed by atoms with E-state index in [1.54, 1.807) is 18.2 Å². The Bertz CT molecular complexity index is 1170. The summed E-state index contributed by atoms with van der Waals surface area (Å²) in [4.78, 5) is 12.6. The van der Waals surface area contributed by atoms with Crippen LogP contribution < -0.4 is 19.5 Å². The van der Waals surface area contributed by atoms with Gasteiger partial charge < -0.3 is 24.6 Å². The highest BCUT2D eigenvalue weighted by Gasteiger charge is 2.32. The van der Waals surface area contributed by atoms with Crippen LogP contribution in [-0.4, -0.2) is 62.9 Å². The molecule has 0 aromatic heterocycles. The van der Waals surface area contributed by atoms with Crippen molar-refractivity contribution >= 4 is 15.9 Å². The van der Waals surface area contributed by atoms with Crippen LogP contribution in [0.1, 0.15) is 18.4 Å². The minimum Gasteiger partial charge on any atom is -0.491 e. The Morgan fingerprint density at radius 3 is 2.59 bits per heavy atom. The lowest BCUT2D eigenvalue weighted by Crippen LogP contribution is -2.44. The zero-order valence-electron chi connectivity index (χ0n) is 18.3. The number of sulfonamides is 1. The molecule has 2 aliphatic heterocycles. The van der Waals surface area contributed by atoms with Gasteiger partial charge in [0.1, 0.15) is 18.5 Å². The predicted octanol–water partition coefficient (Wildman–Crippen LogP) is 1.24. The molecule has 180 valence electrons. The van der Waals surface area contributed by atoms with E-state index in [2.05, 4.69) is 5.32 Å². The standard InChI is InChI=1S/C23H25N3O7S/c24-12-16-1-4-20(5-2-16)34(29,30)26-9-7-17(8-10-26)23(28)25-13-18(27)14-31-19-3-6-21-22(11-19)33-15-32-21/h1-6,11,17-18,27H,7-10,13-15H2,(H,25,28). The molecule has 0 saturated carbocycles. The second-order valence-electron chi connectivity index (χ2n) is 8.04. The van der Waals surface area contributed by atoms with Crippen molar-refractivity contribution in [3.63, 3.8) is 0 Å². The number of benzene rings is 2. The molecule has 2 aliphatic rings. The molecule has 2 aromatic carbocycles. The maximum atomic E-state index is 12.8. The van der Waals surface area contributed by atoms with Crippen LogP contribution in [0.2, 0.25) is 0 Å². The number of nitrogens with one attached hydrogen (secondary N) is 1. The van der Waals surface area contributed by atoms with Crippen molar-refractivity contribution in [2.75, 3.05) is 33.0 Å². The minimum atomic E-state index is -3.68. The molecule has 2 aromatic rings. The van der Waals surface area contributed by atoms with Crippen molar-refractivity contribution in [1.82, 2.24) is 9.62 Å². The first kappa shape index (κ1) is 23.8. The summed E-state index contributed by atoms with van der Waals surface area (Å²) in [5.41, 5.74) is 0.387. The van der Waals surface area contributed by atoms with E-state index in [0.29, 0.717) is 35.7 Å². The van der Waals surface area contributed by atoms with Gasteiger partial charge in [-0.3, -0.25) is 4.79 Å². The first-order valence-corrected chi connectivity index (χ1v) is 12.3. The number of hydrogen-bond acceptors (Lipinski definition) is 8. The average Bonchev–Trinajstić information content (AvgIpc) is 3.34. The third-order valence-electron chi connectivity index (χ3n) is 5.74. The molecule has 0 radical (unpaired) electrons. The lowest BCUT2D eigenvalue weighted by molar-refractivity contribution is -0.126. The van der Waals surface area contributed by atoms with Crippen molar-refractivity contribution in [2.24, 2.45) is 5.92 Å². The molecule has 2 N–H and O–H groups in total. The Morgan fingerprint density at radius 1 is 1.18 bits per heavy atom. The quantitative estimate of drug-likeness (QED) is 0.567. The Kier molecular flexibility index (Phi) is 7.21. The number of aliphatic hydroxyl groups excluding tert-OH is 1. The molecule has 1 atom stereocenters. The van der Waals surface area contributed by atoms with Crippen LogP contribution in [0, 0.1) is 17.2 Å². The van der Waals surface area contributed by atoms with Gasteiger partial charge in [0.05, 0.1) is 16.5 Å². The van der Waals surface area contributed by atoms with Crippen LogP contribution in [0.25, 0.3) is 0 Å². The van der Waals surface area contributed by atoms with Crippen molar-refractivity contribution < 1.29 is 32.5 Å². The third kappa shape index (κ3) is 5.41. The molecule has 1 saturated heterocycles. The van der Waals surface area contributed by atoms with E-state index in [4.69, 9.17) is 19.5 Å². The highest BCUT2D eigenvalue weighted by molar-refractivity contribution is 7.89. The summed E-state index contributed by atoms with van der Waals surface area (Å²) in [7, 11) is -3.68. The van der Waals surface area contributed by atoms with E-state index in [1.165, 1.54) is 28.6 Å².